The van der Waals surface area contributed by atoms with Crippen molar-refractivity contribution in [2.45, 2.75) is 20.4 Å². The summed E-state index contributed by atoms with van der Waals surface area (Å²) < 4.78 is 1.21. The van der Waals surface area contributed by atoms with Crippen molar-refractivity contribution in [1.82, 2.24) is 34.4 Å². The molecule has 1 aliphatic rings. The van der Waals surface area contributed by atoms with Gasteiger partial charge in [0, 0.05) is 44.3 Å². The first kappa shape index (κ1) is 16.9. The molecule has 136 valence electrons. The predicted octanol–water partition coefficient (Wildman–Crippen LogP) is 0.449. The number of hydrogen-bond donors (Lipinski definition) is 1. The number of fused-ring (bicyclic) bond motifs is 1. The monoisotopic (exact) mass is 373 g/mol. The Morgan fingerprint density at radius 2 is 2.00 bits per heavy atom. The first-order valence-electron chi connectivity index (χ1n) is 8.38. The molecule has 1 N–H and O–H groups in total. The average Bonchev–Trinajstić information content (AvgIpc) is 3.21. The summed E-state index contributed by atoms with van der Waals surface area (Å²) in [6, 6.07) is 0. The molecule has 0 radical (unpaired) electrons. The summed E-state index contributed by atoms with van der Waals surface area (Å²) in [6.07, 6.45) is 1.32. The van der Waals surface area contributed by atoms with Crippen molar-refractivity contribution in [3.8, 4) is 0 Å². The van der Waals surface area contributed by atoms with E-state index in [0.717, 1.165) is 30.3 Å². The molecule has 3 aromatic heterocycles. The molecule has 9 nitrogen and oxygen atoms in total. The molecule has 26 heavy (non-hydrogen) atoms. The molecule has 1 aliphatic heterocycles. The number of H-pyrrole nitrogens is 1. The molecule has 0 atom stereocenters. The number of aryl methyl sites for hydroxylation is 2. The summed E-state index contributed by atoms with van der Waals surface area (Å²) in [5, 5.41) is 5.94. The van der Waals surface area contributed by atoms with E-state index >= 15 is 0 Å². The topological polar surface area (TPSA) is 99.5 Å². The predicted molar refractivity (Wildman–Crippen MR) is 96.4 cm³/mol. The highest BCUT2D eigenvalue weighted by atomic mass is 32.1. The number of aromatic amines is 1. The van der Waals surface area contributed by atoms with Crippen LogP contribution in [0.5, 0.6) is 0 Å². The van der Waals surface area contributed by atoms with E-state index in [1.165, 1.54) is 10.7 Å². The molecule has 10 heteroatoms. The minimum atomic E-state index is -0.416. The van der Waals surface area contributed by atoms with Crippen molar-refractivity contribution in [1.29, 1.82) is 0 Å². The van der Waals surface area contributed by atoms with Crippen molar-refractivity contribution in [3.63, 3.8) is 0 Å². The van der Waals surface area contributed by atoms with E-state index in [-0.39, 0.29) is 17.2 Å². The lowest BCUT2D eigenvalue weighted by molar-refractivity contribution is 0.0624. The molecule has 1 amide bonds. The van der Waals surface area contributed by atoms with E-state index in [2.05, 4.69) is 30.3 Å². The zero-order valence-corrected chi connectivity index (χ0v) is 15.4. The maximum atomic E-state index is 12.7. The van der Waals surface area contributed by atoms with Gasteiger partial charge in [0.15, 0.2) is 0 Å². The summed E-state index contributed by atoms with van der Waals surface area (Å²) in [6.45, 7) is 7.17. The van der Waals surface area contributed by atoms with Gasteiger partial charge in [-0.05, 0) is 13.8 Å². The van der Waals surface area contributed by atoms with Crippen molar-refractivity contribution in [2.75, 3.05) is 26.2 Å². The van der Waals surface area contributed by atoms with Gasteiger partial charge in [-0.25, -0.2) is 9.97 Å². The first-order valence-corrected chi connectivity index (χ1v) is 9.26. The third kappa shape index (κ3) is 3.13. The van der Waals surface area contributed by atoms with Crippen LogP contribution in [0, 0.1) is 13.8 Å². The number of carbonyl (C=O) groups excluding carboxylic acids is 1. The Kier molecular flexibility index (Phi) is 4.29. The van der Waals surface area contributed by atoms with Gasteiger partial charge in [0.25, 0.3) is 17.2 Å². The minimum absolute atomic E-state index is 0.0646. The van der Waals surface area contributed by atoms with Crippen molar-refractivity contribution in [2.24, 2.45) is 0 Å². The zero-order chi connectivity index (χ0) is 18.3. The molecule has 0 unspecified atom stereocenters. The fraction of sp³-hybridized carbons (Fsp3) is 0.438. The second-order valence-electron chi connectivity index (χ2n) is 6.35. The molecule has 0 aromatic carbocycles. The fourth-order valence-electron chi connectivity index (χ4n) is 3.10. The molecular formula is C16H19N7O2S. The maximum Gasteiger partial charge on any atom is 0.286 e. The van der Waals surface area contributed by atoms with Crippen LogP contribution in [-0.2, 0) is 6.54 Å². The summed E-state index contributed by atoms with van der Waals surface area (Å²) in [5.74, 6) is 0.561. The van der Waals surface area contributed by atoms with E-state index in [1.807, 2.05) is 6.92 Å². The summed E-state index contributed by atoms with van der Waals surface area (Å²) >= 11 is 1.65. The number of piperazine rings is 1. The maximum absolute atomic E-state index is 12.7. The molecule has 4 heterocycles. The number of aromatic nitrogens is 5. The Labute approximate surface area is 153 Å². The Morgan fingerprint density at radius 3 is 2.69 bits per heavy atom. The fourth-order valence-corrected chi connectivity index (χ4v) is 3.70. The second kappa shape index (κ2) is 6.61. The summed E-state index contributed by atoms with van der Waals surface area (Å²) in [7, 11) is 0. The third-order valence-electron chi connectivity index (χ3n) is 4.43. The lowest BCUT2D eigenvalue weighted by Crippen LogP contribution is -2.49. The third-order valence-corrected chi connectivity index (χ3v) is 5.25. The van der Waals surface area contributed by atoms with Crippen LogP contribution < -0.4 is 5.56 Å². The van der Waals surface area contributed by atoms with Crippen LogP contribution in [0.15, 0.2) is 16.4 Å². The molecule has 0 bridgehead atoms. The highest BCUT2D eigenvalue weighted by Gasteiger charge is 2.25. The van der Waals surface area contributed by atoms with Crippen LogP contribution in [0.2, 0.25) is 0 Å². The molecule has 4 rings (SSSR count). The van der Waals surface area contributed by atoms with Crippen LogP contribution in [-0.4, -0.2) is 66.5 Å². The molecule has 1 fully saturated rings. The Bertz CT molecular complexity index is 1010. The van der Waals surface area contributed by atoms with Crippen LogP contribution >= 0.6 is 11.3 Å². The molecular weight excluding hydrogens is 354 g/mol. The van der Waals surface area contributed by atoms with Crippen molar-refractivity contribution < 1.29 is 4.79 Å². The minimum Gasteiger partial charge on any atom is -0.336 e. The smallest absolute Gasteiger partial charge is 0.286 e. The number of carbonyl (C=O) groups is 1. The highest BCUT2D eigenvalue weighted by molar-refractivity contribution is 7.09. The van der Waals surface area contributed by atoms with Crippen LogP contribution in [0.25, 0.3) is 5.78 Å². The van der Waals surface area contributed by atoms with Crippen LogP contribution in [0.3, 0.4) is 0 Å². The van der Waals surface area contributed by atoms with Gasteiger partial charge in [-0.2, -0.15) is 9.50 Å². The summed E-state index contributed by atoms with van der Waals surface area (Å²) in [5.41, 5.74) is 0.713. The number of hydrogen-bond acceptors (Lipinski definition) is 7. The van der Waals surface area contributed by atoms with Crippen molar-refractivity contribution in [3.05, 3.63) is 44.0 Å². The number of thiazole rings is 1. The summed E-state index contributed by atoms with van der Waals surface area (Å²) in [4.78, 5) is 41.9. The first-order chi connectivity index (χ1) is 12.5. The number of nitrogens with one attached hydrogen (secondary N) is 1. The van der Waals surface area contributed by atoms with E-state index in [1.54, 1.807) is 23.2 Å². The SMILES string of the molecule is Cc1nc2ncc(C(=O)N3CCN(Cc4csc(C)n4)CC3)c(=O)n2[nH]1. The highest BCUT2D eigenvalue weighted by Crippen LogP contribution is 2.13. The van der Waals surface area contributed by atoms with Crippen LogP contribution in [0.4, 0.5) is 0 Å². The van der Waals surface area contributed by atoms with Gasteiger partial charge >= 0.3 is 0 Å². The normalized spacial score (nSPS) is 15.7. The van der Waals surface area contributed by atoms with E-state index in [9.17, 15) is 9.59 Å². The van der Waals surface area contributed by atoms with E-state index in [4.69, 9.17) is 0 Å². The van der Waals surface area contributed by atoms with Gasteiger partial charge in [-0.3, -0.25) is 19.6 Å². The van der Waals surface area contributed by atoms with Gasteiger partial charge in [-0.1, -0.05) is 0 Å². The number of nitrogens with zero attached hydrogens (tertiary/aromatic N) is 6. The van der Waals surface area contributed by atoms with Crippen LogP contribution in [0.1, 0.15) is 26.9 Å². The second-order valence-corrected chi connectivity index (χ2v) is 7.41. The molecule has 0 spiro atoms. The van der Waals surface area contributed by atoms with Gasteiger partial charge in [0.05, 0.1) is 10.7 Å². The number of rotatable bonds is 3. The standard InChI is InChI=1S/C16H19N7O2S/c1-10-18-16-17-7-13(15(25)23(16)20-10)14(24)22-5-3-21(4-6-22)8-12-9-26-11(2)19-12/h7,9H,3-6,8H2,1-2H3,(H,17,18,20). The molecule has 3 aromatic rings. The quantitative estimate of drug-likeness (QED) is 0.716. The number of amides is 1. The zero-order valence-electron chi connectivity index (χ0n) is 14.6. The van der Waals surface area contributed by atoms with Gasteiger partial charge in [0.1, 0.15) is 11.4 Å². The molecule has 1 saturated heterocycles. The average molecular weight is 373 g/mol. The van der Waals surface area contributed by atoms with Gasteiger partial charge in [0.2, 0.25) is 0 Å². The van der Waals surface area contributed by atoms with Gasteiger partial charge < -0.3 is 4.90 Å². The lowest BCUT2D eigenvalue weighted by atomic mass is 10.2. The van der Waals surface area contributed by atoms with E-state index in [0.29, 0.717) is 18.9 Å². The van der Waals surface area contributed by atoms with E-state index < -0.39 is 5.56 Å². The molecule has 0 aliphatic carbocycles. The van der Waals surface area contributed by atoms with Gasteiger partial charge in [-0.15, -0.1) is 11.3 Å². The van der Waals surface area contributed by atoms with Crippen molar-refractivity contribution >= 4 is 23.0 Å². The largest absolute Gasteiger partial charge is 0.336 e. The lowest BCUT2D eigenvalue weighted by Gasteiger charge is -2.34. The Balaban J connectivity index is 1.45. The molecule has 0 saturated carbocycles. The Morgan fingerprint density at radius 1 is 1.23 bits per heavy atom. The Hall–Kier alpha value is -2.59.